The molecule has 0 aliphatic heterocycles. The van der Waals surface area contributed by atoms with E-state index in [0.717, 1.165) is 22.7 Å². The number of hydrogen-bond acceptors (Lipinski definition) is 2. The lowest BCUT2D eigenvalue weighted by Crippen LogP contribution is -2.29. The maximum atomic E-state index is 12.0. The van der Waals surface area contributed by atoms with Crippen molar-refractivity contribution < 1.29 is 4.79 Å². The molecule has 1 N–H and O–H groups in total. The molecule has 1 amide bonds. The molecule has 2 aromatic rings. The Morgan fingerprint density at radius 2 is 2.11 bits per heavy atom. The average Bonchev–Trinajstić information content (AvgIpc) is 2.44. The predicted molar refractivity (Wildman–Crippen MR) is 81.7 cm³/mol. The van der Waals surface area contributed by atoms with Gasteiger partial charge in [-0.3, -0.25) is 4.79 Å². The topological polar surface area (TPSA) is 42.0 Å². The SMILES string of the molecule is CC(CCBr)CNC(=O)c1ccc2ccccc2n1. The van der Waals surface area contributed by atoms with Gasteiger partial charge in [-0.1, -0.05) is 47.1 Å². The first-order valence-electron chi connectivity index (χ1n) is 6.40. The van der Waals surface area contributed by atoms with Crippen molar-refractivity contribution in [2.45, 2.75) is 13.3 Å². The Morgan fingerprint density at radius 3 is 2.89 bits per heavy atom. The van der Waals surface area contributed by atoms with Gasteiger partial charge in [-0.05, 0) is 24.5 Å². The van der Waals surface area contributed by atoms with Crippen LogP contribution >= 0.6 is 15.9 Å². The Balaban J connectivity index is 2.05. The van der Waals surface area contributed by atoms with Crippen molar-refractivity contribution in [2.24, 2.45) is 5.92 Å². The third kappa shape index (κ3) is 3.77. The lowest BCUT2D eigenvalue weighted by atomic mass is 10.1. The second kappa shape index (κ2) is 6.66. The van der Waals surface area contributed by atoms with Crippen LogP contribution in [0.15, 0.2) is 36.4 Å². The summed E-state index contributed by atoms with van der Waals surface area (Å²) in [6.45, 7) is 2.80. The summed E-state index contributed by atoms with van der Waals surface area (Å²) in [5.41, 5.74) is 1.33. The van der Waals surface area contributed by atoms with Gasteiger partial charge in [-0.25, -0.2) is 4.98 Å². The summed E-state index contributed by atoms with van der Waals surface area (Å²) in [5.74, 6) is 0.357. The van der Waals surface area contributed by atoms with Gasteiger partial charge in [0.05, 0.1) is 5.52 Å². The molecule has 1 aromatic heterocycles. The minimum absolute atomic E-state index is 0.104. The number of carbonyl (C=O) groups is 1. The van der Waals surface area contributed by atoms with Gasteiger partial charge >= 0.3 is 0 Å². The van der Waals surface area contributed by atoms with Crippen molar-refractivity contribution in [3.8, 4) is 0 Å². The van der Waals surface area contributed by atoms with Crippen LogP contribution in [0.2, 0.25) is 0 Å². The Labute approximate surface area is 121 Å². The molecule has 0 radical (unpaired) electrons. The molecule has 1 heterocycles. The second-order valence-corrected chi connectivity index (χ2v) is 5.48. The van der Waals surface area contributed by atoms with Crippen molar-refractivity contribution in [3.63, 3.8) is 0 Å². The summed E-state index contributed by atoms with van der Waals surface area (Å²) in [6, 6.07) is 11.5. The smallest absolute Gasteiger partial charge is 0.269 e. The summed E-state index contributed by atoms with van der Waals surface area (Å²) in [5, 5.41) is 4.93. The quantitative estimate of drug-likeness (QED) is 0.858. The van der Waals surface area contributed by atoms with E-state index in [1.54, 1.807) is 6.07 Å². The van der Waals surface area contributed by atoms with Crippen LogP contribution in [0.4, 0.5) is 0 Å². The maximum Gasteiger partial charge on any atom is 0.269 e. The first-order chi connectivity index (χ1) is 9.20. The monoisotopic (exact) mass is 320 g/mol. The highest BCUT2D eigenvalue weighted by atomic mass is 79.9. The molecular weight excluding hydrogens is 304 g/mol. The minimum atomic E-state index is -0.104. The molecular formula is C15H17BrN2O. The Bertz CT molecular complexity index is 571. The van der Waals surface area contributed by atoms with E-state index in [-0.39, 0.29) is 5.91 Å². The molecule has 100 valence electrons. The molecule has 4 heteroatoms. The number of para-hydroxylation sites is 1. The van der Waals surface area contributed by atoms with E-state index in [9.17, 15) is 4.79 Å². The van der Waals surface area contributed by atoms with Gasteiger partial charge in [0.15, 0.2) is 0 Å². The zero-order chi connectivity index (χ0) is 13.7. The number of rotatable bonds is 5. The summed E-state index contributed by atoms with van der Waals surface area (Å²) >= 11 is 3.40. The molecule has 0 aliphatic rings. The minimum Gasteiger partial charge on any atom is -0.350 e. The standard InChI is InChI=1S/C15H17BrN2O/c1-11(8-9-16)10-17-15(19)14-7-6-12-4-2-3-5-13(12)18-14/h2-7,11H,8-10H2,1H3,(H,17,19). The van der Waals surface area contributed by atoms with Crippen LogP contribution < -0.4 is 5.32 Å². The van der Waals surface area contributed by atoms with Crippen molar-refractivity contribution in [3.05, 3.63) is 42.1 Å². The second-order valence-electron chi connectivity index (χ2n) is 4.68. The predicted octanol–water partition coefficient (Wildman–Crippen LogP) is 3.39. The van der Waals surface area contributed by atoms with E-state index >= 15 is 0 Å². The van der Waals surface area contributed by atoms with Gasteiger partial charge in [-0.2, -0.15) is 0 Å². The van der Waals surface area contributed by atoms with Gasteiger partial charge in [0, 0.05) is 17.3 Å². The van der Waals surface area contributed by atoms with E-state index in [4.69, 9.17) is 0 Å². The van der Waals surface area contributed by atoms with Gasteiger partial charge < -0.3 is 5.32 Å². The fourth-order valence-electron chi connectivity index (χ4n) is 1.84. The average molecular weight is 321 g/mol. The Morgan fingerprint density at radius 1 is 1.32 bits per heavy atom. The molecule has 0 fully saturated rings. The number of carbonyl (C=O) groups excluding carboxylic acids is 1. The zero-order valence-corrected chi connectivity index (χ0v) is 12.5. The molecule has 0 bridgehead atoms. The summed E-state index contributed by atoms with van der Waals surface area (Å²) in [7, 11) is 0. The Hall–Kier alpha value is -1.42. The van der Waals surface area contributed by atoms with Crippen LogP contribution in [0.1, 0.15) is 23.8 Å². The van der Waals surface area contributed by atoms with Crippen molar-refractivity contribution in [1.82, 2.24) is 10.3 Å². The highest BCUT2D eigenvalue weighted by molar-refractivity contribution is 9.09. The van der Waals surface area contributed by atoms with E-state index < -0.39 is 0 Å². The molecule has 0 aliphatic carbocycles. The molecule has 19 heavy (non-hydrogen) atoms. The summed E-state index contributed by atoms with van der Waals surface area (Å²) < 4.78 is 0. The zero-order valence-electron chi connectivity index (χ0n) is 10.9. The number of nitrogens with one attached hydrogen (secondary N) is 1. The fourth-order valence-corrected chi connectivity index (χ4v) is 2.62. The largest absolute Gasteiger partial charge is 0.350 e. The highest BCUT2D eigenvalue weighted by Gasteiger charge is 2.09. The number of nitrogens with zero attached hydrogens (tertiary/aromatic N) is 1. The van der Waals surface area contributed by atoms with Crippen LogP contribution in [0.3, 0.4) is 0 Å². The molecule has 0 saturated heterocycles. The van der Waals surface area contributed by atoms with E-state index in [1.807, 2.05) is 30.3 Å². The summed E-state index contributed by atoms with van der Waals surface area (Å²) in [6.07, 6.45) is 1.05. The molecule has 1 unspecified atom stereocenters. The lowest BCUT2D eigenvalue weighted by molar-refractivity contribution is 0.0943. The number of aromatic nitrogens is 1. The van der Waals surface area contributed by atoms with Gasteiger partial charge in [0.25, 0.3) is 5.91 Å². The van der Waals surface area contributed by atoms with Gasteiger partial charge in [0.2, 0.25) is 0 Å². The fraction of sp³-hybridized carbons (Fsp3) is 0.333. The third-order valence-electron chi connectivity index (χ3n) is 3.04. The van der Waals surface area contributed by atoms with Gasteiger partial charge in [0.1, 0.15) is 5.69 Å². The van der Waals surface area contributed by atoms with Crippen LogP contribution in [0.25, 0.3) is 10.9 Å². The van der Waals surface area contributed by atoms with Crippen LogP contribution in [0, 0.1) is 5.92 Å². The van der Waals surface area contributed by atoms with Crippen molar-refractivity contribution >= 4 is 32.7 Å². The number of alkyl halides is 1. The third-order valence-corrected chi connectivity index (χ3v) is 3.50. The molecule has 1 atom stereocenters. The van der Waals surface area contributed by atoms with Crippen molar-refractivity contribution in [2.75, 3.05) is 11.9 Å². The number of pyridine rings is 1. The first-order valence-corrected chi connectivity index (χ1v) is 7.53. The van der Waals surface area contributed by atoms with E-state index in [0.29, 0.717) is 18.2 Å². The Kier molecular flexibility index (Phi) is 4.91. The normalized spacial score (nSPS) is 12.3. The molecule has 0 saturated carbocycles. The molecule has 1 aromatic carbocycles. The number of amides is 1. The maximum absolute atomic E-state index is 12.0. The van der Waals surface area contributed by atoms with Crippen molar-refractivity contribution in [1.29, 1.82) is 0 Å². The van der Waals surface area contributed by atoms with E-state index in [2.05, 4.69) is 33.2 Å². The van der Waals surface area contributed by atoms with E-state index in [1.165, 1.54) is 0 Å². The number of hydrogen-bond donors (Lipinski definition) is 1. The highest BCUT2D eigenvalue weighted by Crippen LogP contribution is 2.11. The molecule has 3 nitrogen and oxygen atoms in total. The summed E-state index contributed by atoms with van der Waals surface area (Å²) in [4.78, 5) is 16.4. The lowest BCUT2D eigenvalue weighted by Gasteiger charge is -2.11. The van der Waals surface area contributed by atoms with Crippen LogP contribution in [0.5, 0.6) is 0 Å². The number of benzene rings is 1. The van der Waals surface area contributed by atoms with Crippen LogP contribution in [-0.2, 0) is 0 Å². The number of fused-ring (bicyclic) bond motifs is 1. The van der Waals surface area contributed by atoms with Crippen LogP contribution in [-0.4, -0.2) is 22.8 Å². The number of halogens is 1. The molecule has 2 rings (SSSR count). The molecule has 0 spiro atoms. The first kappa shape index (κ1) is 14.0. The van der Waals surface area contributed by atoms with Gasteiger partial charge in [-0.15, -0.1) is 0 Å².